The van der Waals surface area contributed by atoms with Crippen LogP contribution in [0.25, 0.3) is 11.3 Å². The van der Waals surface area contributed by atoms with Gasteiger partial charge in [-0.2, -0.15) is 5.10 Å². The molecule has 0 fully saturated rings. The van der Waals surface area contributed by atoms with E-state index in [1.807, 2.05) is 47.4 Å². The summed E-state index contributed by atoms with van der Waals surface area (Å²) < 4.78 is 16.1. The van der Waals surface area contributed by atoms with Crippen molar-refractivity contribution < 1.29 is 19.0 Å². The summed E-state index contributed by atoms with van der Waals surface area (Å²) >= 11 is 0. The molecule has 1 N–H and O–H groups in total. The highest BCUT2D eigenvalue weighted by Gasteiger charge is 2.29. The Balaban J connectivity index is 1.61. The first kappa shape index (κ1) is 18.9. The number of hydrogen-bond acceptors (Lipinski definition) is 5. The number of carbonyl (C=O) groups excluding carboxylic acids is 1. The van der Waals surface area contributed by atoms with Crippen molar-refractivity contribution >= 4 is 5.91 Å². The van der Waals surface area contributed by atoms with Crippen LogP contribution < -0.4 is 14.2 Å². The molecule has 3 aromatic rings. The number of para-hydroxylation sites is 1. The fraction of sp³-hybridized carbons (Fsp3) is 0.273. The molecule has 0 radical (unpaired) electrons. The van der Waals surface area contributed by atoms with E-state index in [4.69, 9.17) is 14.2 Å². The maximum Gasteiger partial charge on any atom is 0.227 e. The lowest BCUT2D eigenvalue weighted by Gasteiger charge is -2.27. The first-order chi connectivity index (χ1) is 14.1. The zero-order valence-electron chi connectivity index (χ0n) is 16.7. The molecule has 2 aromatic carbocycles. The Morgan fingerprint density at radius 2 is 1.83 bits per heavy atom. The molecule has 0 bridgehead atoms. The fourth-order valence-corrected chi connectivity index (χ4v) is 3.66. The number of amides is 1. The predicted molar refractivity (Wildman–Crippen MR) is 108 cm³/mol. The van der Waals surface area contributed by atoms with Crippen LogP contribution in [0.1, 0.15) is 16.8 Å². The van der Waals surface area contributed by atoms with Crippen LogP contribution in [0, 0.1) is 0 Å². The van der Waals surface area contributed by atoms with Crippen LogP contribution in [0.5, 0.6) is 17.2 Å². The van der Waals surface area contributed by atoms with E-state index in [-0.39, 0.29) is 12.3 Å². The number of benzene rings is 2. The van der Waals surface area contributed by atoms with Crippen LogP contribution in [0.3, 0.4) is 0 Å². The maximum atomic E-state index is 12.8. The molecular weight excluding hydrogens is 370 g/mol. The number of aromatic amines is 1. The Kier molecular flexibility index (Phi) is 5.12. The summed E-state index contributed by atoms with van der Waals surface area (Å²) in [6.45, 7) is 1.03. The average Bonchev–Trinajstić information content (AvgIpc) is 3.16. The molecule has 1 aliphatic heterocycles. The first-order valence-corrected chi connectivity index (χ1v) is 9.32. The van der Waals surface area contributed by atoms with Crippen molar-refractivity contribution in [3.63, 3.8) is 0 Å². The predicted octanol–water partition coefficient (Wildman–Crippen LogP) is 3.19. The fourth-order valence-electron chi connectivity index (χ4n) is 3.66. The lowest BCUT2D eigenvalue weighted by atomic mass is 9.98. The molecule has 1 amide bonds. The summed E-state index contributed by atoms with van der Waals surface area (Å²) in [6, 6.07) is 13.4. The van der Waals surface area contributed by atoms with Crippen LogP contribution >= 0.6 is 0 Å². The smallest absolute Gasteiger partial charge is 0.227 e. The van der Waals surface area contributed by atoms with E-state index in [9.17, 15) is 4.79 Å². The van der Waals surface area contributed by atoms with Gasteiger partial charge in [0.15, 0.2) is 11.5 Å². The van der Waals surface area contributed by atoms with Crippen LogP contribution in [0.2, 0.25) is 0 Å². The number of rotatable bonds is 6. The second-order valence-corrected chi connectivity index (χ2v) is 6.85. The summed E-state index contributed by atoms with van der Waals surface area (Å²) in [7, 11) is 4.84. The molecule has 150 valence electrons. The second kappa shape index (κ2) is 7.87. The van der Waals surface area contributed by atoms with Gasteiger partial charge in [-0.1, -0.05) is 18.2 Å². The molecule has 0 saturated heterocycles. The van der Waals surface area contributed by atoms with Crippen molar-refractivity contribution in [2.45, 2.75) is 19.5 Å². The first-order valence-electron chi connectivity index (χ1n) is 9.32. The van der Waals surface area contributed by atoms with Gasteiger partial charge in [-0.3, -0.25) is 9.89 Å². The summed E-state index contributed by atoms with van der Waals surface area (Å²) in [4.78, 5) is 14.7. The van der Waals surface area contributed by atoms with E-state index >= 15 is 0 Å². The minimum atomic E-state index is 0.0674. The Morgan fingerprint density at radius 1 is 1.03 bits per heavy atom. The number of nitrogens with zero attached hydrogens (tertiary/aromatic N) is 2. The van der Waals surface area contributed by atoms with E-state index < -0.39 is 0 Å². The quantitative estimate of drug-likeness (QED) is 0.696. The van der Waals surface area contributed by atoms with E-state index in [0.717, 1.165) is 33.8 Å². The summed E-state index contributed by atoms with van der Waals surface area (Å²) in [5, 5.41) is 7.60. The Labute approximate surface area is 169 Å². The highest BCUT2D eigenvalue weighted by molar-refractivity contribution is 5.85. The van der Waals surface area contributed by atoms with Crippen molar-refractivity contribution in [3.05, 3.63) is 59.3 Å². The van der Waals surface area contributed by atoms with Crippen molar-refractivity contribution in [1.82, 2.24) is 15.1 Å². The summed E-state index contributed by atoms with van der Waals surface area (Å²) in [6.07, 6.45) is 0.289. The third-order valence-corrected chi connectivity index (χ3v) is 5.17. The topological polar surface area (TPSA) is 76.7 Å². The van der Waals surface area contributed by atoms with Gasteiger partial charge in [-0.25, -0.2) is 0 Å². The van der Waals surface area contributed by atoms with Crippen LogP contribution in [-0.4, -0.2) is 42.3 Å². The Hall–Kier alpha value is -3.48. The zero-order chi connectivity index (χ0) is 20.4. The van der Waals surface area contributed by atoms with Crippen LogP contribution in [0.4, 0.5) is 0 Å². The Bertz CT molecular complexity index is 1030. The Morgan fingerprint density at radius 3 is 2.52 bits per heavy atom. The van der Waals surface area contributed by atoms with Gasteiger partial charge < -0.3 is 19.1 Å². The monoisotopic (exact) mass is 393 g/mol. The number of fused-ring (bicyclic) bond motifs is 1. The largest absolute Gasteiger partial charge is 0.497 e. The molecule has 0 atom stereocenters. The van der Waals surface area contributed by atoms with Crippen LogP contribution in [0.15, 0.2) is 42.5 Å². The highest BCUT2D eigenvalue weighted by Crippen LogP contribution is 2.40. The molecule has 0 saturated carbocycles. The van der Waals surface area contributed by atoms with Gasteiger partial charge in [0.25, 0.3) is 0 Å². The number of carbonyl (C=O) groups is 1. The molecule has 1 aliphatic rings. The maximum absolute atomic E-state index is 12.8. The van der Waals surface area contributed by atoms with Gasteiger partial charge in [0.05, 0.1) is 45.7 Å². The van der Waals surface area contributed by atoms with Gasteiger partial charge >= 0.3 is 0 Å². The van der Waals surface area contributed by atoms with E-state index in [0.29, 0.717) is 24.6 Å². The molecule has 0 unspecified atom stereocenters. The lowest BCUT2D eigenvalue weighted by Crippen LogP contribution is -2.35. The van der Waals surface area contributed by atoms with E-state index in [2.05, 4.69) is 10.2 Å². The number of methoxy groups -OCH3 is 3. The molecule has 0 aliphatic carbocycles. The summed E-state index contributed by atoms with van der Waals surface area (Å²) in [5.41, 5.74) is 4.44. The minimum Gasteiger partial charge on any atom is -0.497 e. The second-order valence-electron chi connectivity index (χ2n) is 6.85. The molecule has 29 heavy (non-hydrogen) atoms. The summed E-state index contributed by atoms with van der Waals surface area (Å²) in [5.74, 6) is 2.10. The van der Waals surface area contributed by atoms with Crippen molar-refractivity contribution in [3.8, 4) is 28.5 Å². The van der Waals surface area contributed by atoms with Gasteiger partial charge in [-0.05, 0) is 29.8 Å². The number of nitrogens with one attached hydrogen (secondary N) is 1. The van der Waals surface area contributed by atoms with Crippen molar-refractivity contribution in [1.29, 1.82) is 0 Å². The van der Waals surface area contributed by atoms with Crippen molar-refractivity contribution in [2.75, 3.05) is 21.3 Å². The zero-order valence-corrected chi connectivity index (χ0v) is 16.7. The molecule has 0 spiro atoms. The molecule has 7 nitrogen and oxygen atoms in total. The van der Waals surface area contributed by atoms with Crippen LogP contribution in [-0.2, 0) is 24.3 Å². The molecule has 2 heterocycles. The third-order valence-electron chi connectivity index (χ3n) is 5.17. The SMILES string of the molecule is COc1ccc(CN2Cc3[nH]nc(-c4cccc(OC)c4OC)c3CC2=O)cc1. The van der Waals surface area contributed by atoms with Gasteiger partial charge in [0.1, 0.15) is 5.75 Å². The van der Waals surface area contributed by atoms with E-state index in [1.165, 1.54) is 0 Å². The van der Waals surface area contributed by atoms with Crippen molar-refractivity contribution in [2.24, 2.45) is 0 Å². The number of hydrogen-bond donors (Lipinski definition) is 1. The number of aromatic nitrogens is 2. The third kappa shape index (κ3) is 3.51. The minimum absolute atomic E-state index is 0.0674. The average molecular weight is 393 g/mol. The van der Waals surface area contributed by atoms with E-state index in [1.54, 1.807) is 21.3 Å². The molecule has 7 heteroatoms. The molecular formula is C22H23N3O4. The van der Waals surface area contributed by atoms with Gasteiger partial charge in [0.2, 0.25) is 5.91 Å². The van der Waals surface area contributed by atoms with Gasteiger partial charge in [0, 0.05) is 17.7 Å². The highest BCUT2D eigenvalue weighted by atomic mass is 16.5. The molecule has 4 rings (SSSR count). The van der Waals surface area contributed by atoms with Gasteiger partial charge in [-0.15, -0.1) is 0 Å². The lowest BCUT2D eigenvalue weighted by molar-refractivity contribution is -0.132. The standard InChI is InChI=1S/C22H23N3O4/c1-27-15-9-7-14(8-10-15)12-25-13-18-17(11-20(25)26)21(24-23-18)16-5-4-6-19(28-2)22(16)29-3/h4-10H,11-13H2,1-3H3,(H,23,24). The number of H-pyrrole nitrogens is 1. The number of ether oxygens (including phenoxy) is 3. The molecule has 1 aromatic heterocycles. The normalized spacial score (nSPS) is 13.2.